The minimum Gasteiger partial charge on any atom is -0.352 e. The first-order valence-corrected chi connectivity index (χ1v) is 7.37. The van der Waals surface area contributed by atoms with Gasteiger partial charge in [0.1, 0.15) is 0 Å². The molecule has 1 aliphatic rings. The van der Waals surface area contributed by atoms with Crippen LogP contribution < -0.4 is 5.32 Å². The number of nitrogens with zero attached hydrogens (tertiary/aromatic N) is 2. The van der Waals surface area contributed by atoms with Gasteiger partial charge in [-0.15, -0.1) is 0 Å². The van der Waals surface area contributed by atoms with E-state index in [1.165, 1.54) is 0 Å². The average Bonchev–Trinajstić information content (AvgIpc) is 2.48. The molecule has 0 radical (unpaired) electrons. The molecule has 0 aliphatic carbocycles. The van der Waals surface area contributed by atoms with Crippen LogP contribution in [0.2, 0.25) is 0 Å². The van der Waals surface area contributed by atoms with Crippen LogP contribution in [0.15, 0.2) is 24.3 Å². The zero-order valence-corrected chi connectivity index (χ0v) is 12.8. The SMILES string of the molecule is Cc1ccc(C(=O)NCCC(=O)N2CCN(C)CC2)cc1. The zero-order valence-electron chi connectivity index (χ0n) is 12.8. The number of hydrogen-bond donors (Lipinski definition) is 1. The second-order valence-corrected chi connectivity index (χ2v) is 5.56. The number of carbonyl (C=O) groups excluding carboxylic acids is 2. The first-order valence-electron chi connectivity index (χ1n) is 7.37. The van der Waals surface area contributed by atoms with E-state index in [9.17, 15) is 9.59 Å². The van der Waals surface area contributed by atoms with E-state index in [-0.39, 0.29) is 11.8 Å². The van der Waals surface area contributed by atoms with Gasteiger partial charge in [-0.3, -0.25) is 9.59 Å². The van der Waals surface area contributed by atoms with Crippen molar-refractivity contribution in [3.63, 3.8) is 0 Å². The van der Waals surface area contributed by atoms with E-state index < -0.39 is 0 Å². The van der Waals surface area contributed by atoms with E-state index in [0.717, 1.165) is 31.7 Å². The van der Waals surface area contributed by atoms with Gasteiger partial charge in [0.15, 0.2) is 0 Å². The van der Waals surface area contributed by atoms with Gasteiger partial charge in [0.2, 0.25) is 5.91 Å². The summed E-state index contributed by atoms with van der Waals surface area (Å²) in [5.41, 5.74) is 1.75. The van der Waals surface area contributed by atoms with Crippen LogP contribution in [-0.4, -0.2) is 61.4 Å². The molecule has 114 valence electrons. The topological polar surface area (TPSA) is 52.7 Å². The highest BCUT2D eigenvalue weighted by Crippen LogP contribution is 2.04. The van der Waals surface area contributed by atoms with Crippen LogP contribution in [0, 0.1) is 6.92 Å². The molecule has 0 aromatic heterocycles. The van der Waals surface area contributed by atoms with Gasteiger partial charge in [-0.25, -0.2) is 0 Å². The maximum atomic E-state index is 12.0. The maximum Gasteiger partial charge on any atom is 0.251 e. The van der Waals surface area contributed by atoms with Gasteiger partial charge in [0, 0.05) is 44.7 Å². The van der Waals surface area contributed by atoms with Crippen molar-refractivity contribution in [1.82, 2.24) is 15.1 Å². The molecule has 0 unspecified atom stereocenters. The van der Waals surface area contributed by atoms with Crippen LogP contribution in [0.5, 0.6) is 0 Å². The molecule has 1 N–H and O–H groups in total. The molecular formula is C16H23N3O2. The third-order valence-electron chi connectivity index (χ3n) is 3.79. The maximum absolute atomic E-state index is 12.0. The molecular weight excluding hydrogens is 266 g/mol. The molecule has 5 nitrogen and oxygen atoms in total. The van der Waals surface area contributed by atoms with Gasteiger partial charge >= 0.3 is 0 Å². The Labute approximate surface area is 125 Å². The van der Waals surface area contributed by atoms with Gasteiger partial charge in [-0.1, -0.05) is 17.7 Å². The van der Waals surface area contributed by atoms with Gasteiger partial charge in [0.05, 0.1) is 0 Å². The Hall–Kier alpha value is -1.88. The molecule has 0 saturated carbocycles. The second kappa shape index (κ2) is 7.22. The highest BCUT2D eigenvalue weighted by Gasteiger charge is 2.18. The van der Waals surface area contributed by atoms with Crippen molar-refractivity contribution in [3.8, 4) is 0 Å². The van der Waals surface area contributed by atoms with E-state index in [4.69, 9.17) is 0 Å². The van der Waals surface area contributed by atoms with Crippen molar-refractivity contribution < 1.29 is 9.59 Å². The molecule has 2 rings (SSSR count). The number of piperazine rings is 1. The lowest BCUT2D eigenvalue weighted by atomic mass is 10.1. The Morgan fingerprint density at radius 3 is 2.33 bits per heavy atom. The van der Waals surface area contributed by atoms with Crippen molar-refractivity contribution in [2.24, 2.45) is 0 Å². The summed E-state index contributed by atoms with van der Waals surface area (Å²) in [6, 6.07) is 7.41. The number of carbonyl (C=O) groups is 2. The summed E-state index contributed by atoms with van der Waals surface area (Å²) in [7, 11) is 2.06. The summed E-state index contributed by atoms with van der Waals surface area (Å²) in [5.74, 6) is -0.00603. The summed E-state index contributed by atoms with van der Waals surface area (Å²) in [6.45, 7) is 5.76. The lowest BCUT2D eigenvalue weighted by molar-refractivity contribution is -0.132. The highest BCUT2D eigenvalue weighted by molar-refractivity contribution is 5.94. The number of aryl methyl sites for hydroxylation is 1. The summed E-state index contributed by atoms with van der Waals surface area (Å²) in [4.78, 5) is 28.0. The fourth-order valence-corrected chi connectivity index (χ4v) is 2.30. The molecule has 0 bridgehead atoms. The number of rotatable bonds is 4. The predicted octanol–water partition coefficient (Wildman–Crippen LogP) is 0.889. The Balaban J connectivity index is 1.72. The Kier molecular flexibility index (Phi) is 5.33. The Morgan fingerprint density at radius 1 is 1.10 bits per heavy atom. The molecule has 0 atom stereocenters. The predicted molar refractivity (Wildman–Crippen MR) is 82.2 cm³/mol. The van der Waals surface area contributed by atoms with E-state index in [1.54, 1.807) is 12.1 Å². The standard InChI is InChI=1S/C16H23N3O2/c1-13-3-5-14(6-4-13)16(21)17-8-7-15(20)19-11-9-18(2)10-12-19/h3-6H,7-12H2,1-2H3,(H,17,21). The van der Waals surface area contributed by atoms with Gasteiger partial charge in [-0.05, 0) is 26.1 Å². The van der Waals surface area contributed by atoms with Crippen LogP contribution in [-0.2, 0) is 4.79 Å². The zero-order chi connectivity index (χ0) is 15.2. The first-order chi connectivity index (χ1) is 10.1. The van der Waals surface area contributed by atoms with Gasteiger partial charge in [-0.2, -0.15) is 0 Å². The smallest absolute Gasteiger partial charge is 0.251 e. The Morgan fingerprint density at radius 2 is 1.71 bits per heavy atom. The minimum absolute atomic E-state index is 0.118. The number of nitrogens with one attached hydrogen (secondary N) is 1. The lowest BCUT2D eigenvalue weighted by Crippen LogP contribution is -2.47. The molecule has 1 aliphatic heterocycles. The number of benzene rings is 1. The summed E-state index contributed by atoms with van der Waals surface area (Å²) in [6.07, 6.45) is 0.362. The van der Waals surface area contributed by atoms with E-state index in [0.29, 0.717) is 18.5 Å². The fraction of sp³-hybridized carbons (Fsp3) is 0.500. The summed E-state index contributed by atoms with van der Waals surface area (Å²) < 4.78 is 0. The largest absolute Gasteiger partial charge is 0.352 e. The number of likely N-dealkylation sites (N-methyl/N-ethyl adjacent to an activating group) is 1. The molecule has 1 heterocycles. The molecule has 1 aromatic carbocycles. The number of amides is 2. The van der Waals surface area contributed by atoms with Crippen LogP contribution in [0.3, 0.4) is 0 Å². The fourth-order valence-electron chi connectivity index (χ4n) is 2.30. The van der Waals surface area contributed by atoms with Gasteiger partial charge < -0.3 is 15.1 Å². The monoisotopic (exact) mass is 289 g/mol. The van der Waals surface area contributed by atoms with Crippen LogP contribution in [0.1, 0.15) is 22.3 Å². The quantitative estimate of drug-likeness (QED) is 0.895. The Bertz CT molecular complexity index is 491. The molecule has 21 heavy (non-hydrogen) atoms. The lowest BCUT2D eigenvalue weighted by Gasteiger charge is -2.32. The van der Waals surface area contributed by atoms with Gasteiger partial charge in [0.25, 0.3) is 5.91 Å². The summed E-state index contributed by atoms with van der Waals surface area (Å²) in [5, 5.41) is 2.80. The second-order valence-electron chi connectivity index (χ2n) is 5.56. The minimum atomic E-state index is -0.124. The number of hydrogen-bond acceptors (Lipinski definition) is 3. The summed E-state index contributed by atoms with van der Waals surface area (Å²) >= 11 is 0. The molecule has 1 aromatic rings. The molecule has 1 fully saturated rings. The first kappa shape index (κ1) is 15.5. The van der Waals surface area contributed by atoms with Crippen molar-refractivity contribution in [2.45, 2.75) is 13.3 Å². The average molecular weight is 289 g/mol. The molecule has 2 amide bonds. The van der Waals surface area contributed by atoms with Crippen LogP contribution in [0.4, 0.5) is 0 Å². The van der Waals surface area contributed by atoms with Crippen molar-refractivity contribution in [1.29, 1.82) is 0 Å². The van der Waals surface area contributed by atoms with Crippen LogP contribution in [0.25, 0.3) is 0 Å². The van der Waals surface area contributed by atoms with Crippen molar-refractivity contribution in [3.05, 3.63) is 35.4 Å². The third kappa shape index (κ3) is 4.56. The molecule has 0 spiro atoms. The van der Waals surface area contributed by atoms with E-state index in [1.807, 2.05) is 24.0 Å². The van der Waals surface area contributed by atoms with Crippen molar-refractivity contribution in [2.75, 3.05) is 39.8 Å². The van der Waals surface area contributed by atoms with Crippen molar-refractivity contribution >= 4 is 11.8 Å². The molecule has 5 heteroatoms. The van der Waals surface area contributed by atoms with E-state index >= 15 is 0 Å². The normalized spacial score (nSPS) is 15.8. The third-order valence-corrected chi connectivity index (χ3v) is 3.79. The van der Waals surface area contributed by atoms with Crippen LogP contribution >= 0.6 is 0 Å². The molecule has 1 saturated heterocycles. The highest BCUT2D eigenvalue weighted by atomic mass is 16.2. The van der Waals surface area contributed by atoms with E-state index in [2.05, 4.69) is 17.3 Å².